The highest BCUT2D eigenvalue weighted by molar-refractivity contribution is 7.92. The molecule has 0 radical (unpaired) electrons. The van der Waals surface area contributed by atoms with E-state index < -0.39 is 15.4 Å². The van der Waals surface area contributed by atoms with E-state index in [2.05, 4.69) is 32.0 Å². The number of nitrogens with one attached hydrogen (secondary N) is 2. The lowest BCUT2D eigenvalue weighted by atomic mass is 9.86. The van der Waals surface area contributed by atoms with Crippen molar-refractivity contribution in [3.8, 4) is 28.5 Å². The van der Waals surface area contributed by atoms with Crippen LogP contribution in [0.1, 0.15) is 26.3 Å². The van der Waals surface area contributed by atoms with Crippen LogP contribution < -0.4 is 4.72 Å². The summed E-state index contributed by atoms with van der Waals surface area (Å²) in [6, 6.07) is 23.7. The van der Waals surface area contributed by atoms with Crippen LogP contribution in [0.5, 0.6) is 0 Å². The molecule has 0 amide bonds. The van der Waals surface area contributed by atoms with Crippen LogP contribution in [0.2, 0.25) is 0 Å². The van der Waals surface area contributed by atoms with Gasteiger partial charge in [-0.05, 0) is 61.7 Å². The molecule has 2 N–H and O–H groups in total. The lowest BCUT2D eigenvalue weighted by Crippen LogP contribution is -2.14. The monoisotopic (exact) mass is 495 g/mol. The maximum atomic E-state index is 11.9. The Bertz CT molecular complexity index is 1730. The van der Waals surface area contributed by atoms with Crippen LogP contribution in [-0.2, 0) is 15.4 Å². The van der Waals surface area contributed by atoms with Gasteiger partial charge in [-0.25, -0.2) is 8.42 Å². The topological polar surface area (TPSA) is 112 Å². The zero-order chi connectivity index (χ0) is 25.5. The van der Waals surface area contributed by atoms with Crippen LogP contribution >= 0.6 is 0 Å². The lowest BCUT2D eigenvalue weighted by molar-refractivity contribution is 0.602. The van der Waals surface area contributed by atoms with E-state index in [1.54, 1.807) is 25.3 Å². The summed E-state index contributed by atoms with van der Waals surface area (Å²) in [6.07, 6.45) is 1.79. The maximum Gasteiger partial charge on any atom is 0.232 e. The van der Waals surface area contributed by atoms with E-state index in [0.29, 0.717) is 5.69 Å². The van der Waals surface area contributed by atoms with Crippen molar-refractivity contribution in [2.45, 2.75) is 26.2 Å². The van der Waals surface area contributed by atoms with Gasteiger partial charge in [-0.1, -0.05) is 42.5 Å². The summed E-state index contributed by atoms with van der Waals surface area (Å²) in [5, 5.41) is 19.1. The van der Waals surface area contributed by atoms with Crippen molar-refractivity contribution in [1.29, 1.82) is 5.26 Å². The Morgan fingerprint density at radius 2 is 1.64 bits per heavy atom. The summed E-state index contributed by atoms with van der Waals surface area (Å²) < 4.78 is 26.3. The van der Waals surface area contributed by atoms with Crippen LogP contribution in [0.3, 0.4) is 0 Å². The number of H-pyrrole nitrogens is 1. The molecule has 0 saturated heterocycles. The second-order valence-electron chi connectivity index (χ2n) is 9.25. The van der Waals surface area contributed by atoms with Crippen LogP contribution in [0.15, 0.2) is 72.9 Å². The Morgan fingerprint density at radius 3 is 2.31 bits per heavy atom. The molecule has 0 aliphatic carbocycles. The van der Waals surface area contributed by atoms with Gasteiger partial charge in [-0.15, -0.1) is 0 Å². The second-order valence-corrected chi connectivity index (χ2v) is 11.3. The number of rotatable bonds is 6. The first-order chi connectivity index (χ1) is 17.2. The van der Waals surface area contributed by atoms with Crippen molar-refractivity contribution in [2.24, 2.45) is 0 Å². The lowest BCUT2D eigenvalue weighted by Gasteiger charge is -2.15. The molecule has 0 saturated carbocycles. The van der Waals surface area contributed by atoms with E-state index in [9.17, 15) is 13.7 Å². The van der Waals surface area contributed by atoms with Crippen LogP contribution in [0, 0.1) is 11.3 Å². The zero-order valence-corrected chi connectivity index (χ0v) is 21.0. The van der Waals surface area contributed by atoms with Gasteiger partial charge in [0.1, 0.15) is 5.69 Å². The molecular weight excluding hydrogens is 470 g/mol. The summed E-state index contributed by atoms with van der Waals surface area (Å²) in [5.74, 6) is 0.0221. The molecule has 5 rings (SSSR count). The number of sulfonamides is 1. The number of anilines is 1. The quantitative estimate of drug-likeness (QED) is 0.300. The summed E-state index contributed by atoms with van der Waals surface area (Å²) in [7, 11) is -3.33. The smallest absolute Gasteiger partial charge is 0.232 e. The Labute approximate surface area is 209 Å². The standard InChI is InChI=1S/C28H25N5O2S/c1-4-36(34,35)33-22-12-7-18(8-13-22)20-9-14-24-23(15-20)26-25(16-30-24)31-32-27(26)19-5-10-21(11-6-19)28(2,3)17-29/h5-16,33H,4H2,1-3H3,(H,31,32). The molecule has 5 aromatic rings. The molecule has 0 unspecified atom stereocenters. The minimum absolute atomic E-state index is 0.0221. The van der Waals surface area contributed by atoms with E-state index in [1.807, 2.05) is 62.4 Å². The minimum Gasteiger partial charge on any atom is -0.284 e. The first-order valence-electron chi connectivity index (χ1n) is 11.6. The van der Waals surface area contributed by atoms with Gasteiger partial charge in [0.2, 0.25) is 10.0 Å². The van der Waals surface area contributed by atoms with Gasteiger partial charge in [0.25, 0.3) is 0 Å². The highest BCUT2D eigenvalue weighted by Crippen LogP contribution is 2.35. The molecule has 180 valence electrons. The predicted octanol–water partition coefficient (Wildman–Crippen LogP) is 6.01. The number of aromatic nitrogens is 3. The van der Waals surface area contributed by atoms with E-state index in [0.717, 1.165) is 49.8 Å². The molecule has 2 aromatic heterocycles. The summed E-state index contributed by atoms with van der Waals surface area (Å²) >= 11 is 0. The van der Waals surface area contributed by atoms with Gasteiger partial charge in [-0.2, -0.15) is 10.4 Å². The molecule has 0 spiro atoms. The van der Waals surface area contributed by atoms with Crippen molar-refractivity contribution in [2.75, 3.05) is 10.5 Å². The summed E-state index contributed by atoms with van der Waals surface area (Å²) in [4.78, 5) is 4.59. The third kappa shape index (κ3) is 4.30. The number of nitrogens with zero attached hydrogens (tertiary/aromatic N) is 3. The number of benzene rings is 3. The average Bonchev–Trinajstić information content (AvgIpc) is 3.33. The van der Waals surface area contributed by atoms with Crippen molar-refractivity contribution in [1.82, 2.24) is 15.2 Å². The van der Waals surface area contributed by atoms with E-state index in [-0.39, 0.29) is 5.75 Å². The van der Waals surface area contributed by atoms with Gasteiger partial charge in [0.15, 0.2) is 0 Å². The van der Waals surface area contributed by atoms with Crippen LogP contribution in [-0.4, -0.2) is 29.4 Å². The molecule has 0 aliphatic rings. The molecule has 36 heavy (non-hydrogen) atoms. The number of hydrogen-bond donors (Lipinski definition) is 2. The number of aromatic amines is 1. The normalized spacial score (nSPS) is 12.1. The van der Waals surface area contributed by atoms with Crippen LogP contribution in [0.25, 0.3) is 44.2 Å². The van der Waals surface area contributed by atoms with Gasteiger partial charge in [0.05, 0.1) is 34.5 Å². The van der Waals surface area contributed by atoms with Gasteiger partial charge >= 0.3 is 0 Å². The molecule has 2 heterocycles. The van der Waals surface area contributed by atoms with Gasteiger partial charge in [-0.3, -0.25) is 14.8 Å². The van der Waals surface area contributed by atoms with E-state index >= 15 is 0 Å². The molecule has 0 atom stereocenters. The Kier molecular flexibility index (Phi) is 5.73. The van der Waals surface area contributed by atoms with Crippen molar-refractivity contribution < 1.29 is 8.42 Å². The molecule has 0 aliphatic heterocycles. The maximum absolute atomic E-state index is 11.9. The fourth-order valence-corrected chi connectivity index (χ4v) is 4.82. The van der Waals surface area contributed by atoms with E-state index in [1.165, 1.54) is 0 Å². The number of pyridine rings is 1. The Morgan fingerprint density at radius 1 is 0.972 bits per heavy atom. The SMILES string of the molecule is CCS(=O)(=O)Nc1ccc(-c2ccc3ncc4[nH]nc(-c5ccc(C(C)(C)C#N)cc5)c4c3c2)cc1. The second kappa shape index (κ2) is 8.77. The van der Waals surface area contributed by atoms with Crippen LogP contribution in [0.4, 0.5) is 5.69 Å². The predicted molar refractivity (Wildman–Crippen MR) is 144 cm³/mol. The first kappa shape index (κ1) is 23.5. The molecule has 0 bridgehead atoms. The number of fused-ring (bicyclic) bond motifs is 3. The average molecular weight is 496 g/mol. The van der Waals surface area contributed by atoms with Gasteiger partial charge < -0.3 is 0 Å². The molecule has 0 fully saturated rings. The molecule has 7 nitrogen and oxygen atoms in total. The summed E-state index contributed by atoms with van der Waals surface area (Å²) in [5.41, 5.74) is 6.32. The number of hydrogen-bond acceptors (Lipinski definition) is 5. The highest BCUT2D eigenvalue weighted by Gasteiger charge is 2.20. The van der Waals surface area contributed by atoms with Gasteiger partial charge in [0, 0.05) is 22.0 Å². The highest BCUT2D eigenvalue weighted by atomic mass is 32.2. The molecule has 3 aromatic carbocycles. The van der Waals surface area contributed by atoms with Crippen molar-refractivity contribution in [3.63, 3.8) is 0 Å². The van der Waals surface area contributed by atoms with E-state index in [4.69, 9.17) is 0 Å². The third-order valence-electron chi connectivity index (χ3n) is 6.42. The number of nitriles is 1. The Balaban J connectivity index is 1.58. The van der Waals surface area contributed by atoms with Crippen molar-refractivity contribution in [3.05, 3.63) is 78.5 Å². The van der Waals surface area contributed by atoms with Crippen molar-refractivity contribution >= 4 is 37.5 Å². The summed E-state index contributed by atoms with van der Waals surface area (Å²) in [6.45, 7) is 5.40. The Hall–Kier alpha value is -4.22. The fraction of sp³-hybridized carbons (Fsp3) is 0.179. The zero-order valence-electron chi connectivity index (χ0n) is 20.2. The third-order valence-corrected chi connectivity index (χ3v) is 7.73. The molecule has 8 heteroatoms. The minimum atomic E-state index is -3.33. The fourth-order valence-electron chi connectivity index (χ4n) is 4.18. The molecular formula is C28H25N5O2S. The largest absolute Gasteiger partial charge is 0.284 e. The first-order valence-corrected chi connectivity index (χ1v) is 13.3.